The number of nitrogens with zero attached hydrogens (tertiary/aromatic N) is 5. The first-order chi connectivity index (χ1) is 11.5. The number of hydrogen-bond donors (Lipinski definition) is 1. The maximum Gasteiger partial charge on any atom is 0.274 e. The topological polar surface area (TPSA) is 84.1 Å². The zero-order chi connectivity index (χ0) is 17.3. The van der Waals surface area contributed by atoms with Gasteiger partial charge in [-0.1, -0.05) is 0 Å². The lowest BCUT2D eigenvalue weighted by Gasteiger charge is -2.32. The van der Waals surface area contributed by atoms with Gasteiger partial charge in [0.05, 0.1) is 12.3 Å². The zero-order valence-corrected chi connectivity index (χ0v) is 14.4. The number of aryl methyl sites for hydroxylation is 3. The average Bonchev–Trinajstić information content (AvgIpc) is 2.93. The second-order valence-corrected chi connectivity index (χ2v) is 6.37. The predicted octanol–water partition coefficient (Wildman–Crippen LogP) is 1.34. The van der Waals surface area contributed by atoms with Crippen LogP contribution in [0.4, 0.5) is 0 Å². The first-order valence-electron chi connectivity index (χ1n) is 8.22. The Bertz CT molecular complexity index is 736. The van der Waals surface area contributed by atoms with Gasteiger partial charge in [-0.25, -0.2) is 9.97 Å². The zero-order valence-electron chi connectivity index (χ0n) is 14.4. The quantitative estimate of drug-likeness (QED) is 0.918. The van der Waals surface area contributed by atoms with E-state index in [9.17, 15) is 9.90 Å². The molecule has 0 saturated carbocycles. The number of piperidine rings is 1. The molecule has 1 unspecified atom stereocenters. The van der Waals surface area contributed by atoms with Gasteiger partial charge in [-0.15, -0.1) is 0 Å². The summed E-state index contributed by atoms with van der Waals surface area (Å²) in [5, 5.41) is 13.8. The summed E-state index contributed by atoms with van der Waals surface area (Å²) in [6, 6.07) is 1.82. The van der Waals surface area contributed by atoms with Crippen LogP contribution in [0, 0.1) is 13.8 Å². The Kier molecular flexibility index (Phi) is 4.62. The van der Waals surface area contributed by atoms with Crippen molar-refractivity contribution in [2.75, 3.05) is 13.1 Å². The van der Waals surface area contributed by atoms with Crippen LogP contribution in [0.2, 0.25) is 0 Å². The minimum absolute atomic E-state index is 0.0419. The molecule has 2 aromatic rings. The molecular formula is C17H23N5O2. The van der Waals surface area contributed by atoms with E-state index < -0.39 is 0 Å². The minimum atomic E-state index is -0.0838. The third kappa shape index (κ3) is 3.17. The Morgan fingerprint density at radius 3 is 2.88 bits per heavy atom. The molecule has 1 amide bonds. The highest BCUT2D eigenvalue weighted by Gasteiger charge is 2.29. The molecule has 1 aliphatic heterocycles. The monoisotopic (exact) mass is 329 g/mol. The molecule has 0 aromatic carbocycles. The van der Waals surface area contributed by atoms with Crippen molar-refractivity contribution in [1.82, 2.24) is 24.6 Å². The lowest BCUT2D eigenvalue weighted by molar-refractivity contribution is 0.0698. The van der Waals surface area contributed by atoms with Crippen molar-refractivity contribution >= 4 is 5.91 Å². The van der Waals surface area contributed by atoms with Crippen molar-refractivity contribution in [3.63, 3.8) is 0 Å². The Morgan fingerprint density at radius 2 is 2.21 bits per heavy atom. The highest BCUT2D eigenvalue weighted by molar-refractivity contribution is 5.92. The number of amides is 1. The van der Waals surface area contributed by atoms with Crippen LogP contribution in [-0.2, 0) is 13.7 Å². The SMILES string of the molecule is Cc1ncc(CO)c(C2CCCN(C(=O)c3cc(C)n(C)n3)C2)n1. The van der Waals surface area contributed by atoms with Gasteiger partial charge in [0.1, 0.15) is 5.82 Å². The molecule has 1 N–H and O–H groups in total. The van der Waals surface area contributed by atoms with Crippen LogP contribution in [0.25, 0.3) is 0 Å². The van der Waals surface area contributed by atoms with Crippen molar-refractivity contribution in [1.29, 1.82) is 0 Å². The molecular weight excluding hydrogens is 306 g/mol. The summed E-state index contributed by atoms with van der Waals surface area (Å²) in [6.45, 7) is 5.01. The Balaban J connectivity index is 1.82. The van der Waals surface area contributed by atoms with Crippen LogP contribution in [-0.4, -0.2) is 48.8 Å². The molecule has 128 valence electrons. The number of hydrogen-bond acceptors (Lipinski definition) is 5. The predicted molar refractivity (Wildman–Crippen MR) is 88.5 cm³/mol. The summed E-state index contributed by atoms with van der Waals surface area (Å²) in [7, 11) is 1.84. The minimum Gasteiger partial charge on any atom is -0.392 e. The second-order valence-electron chi connectivity index (χ2n) is 6.37. The summed E-state index contributed by atoms with van der Waals surface area (Å²) < 4.78 is 1.71. The third-order valence-electron chi connectivity index (χ3n) is 4.62. The lowest BCUT2D eigenvalue weighted by Crippen LogP contribution is -2.39. The van der Waals surface area contributed by atoms with E-state index in [1.54, 1.807) is 10.9 Å². The third-order valence-corrected chi connectivity index (χ3v) is 4.62. The molecule has 24 heavy (non-hydrogen) atoms. The van der Waals surface area contributed by atoms with E-state index >= 15 is 0 Å². The molecule has 3 rings (SSSR count). The van der Waals surface area contributed by atoms with Gasteiger partial charge < -0.3 is 10.0 Å². The highest BCUT2D eigenvalue weighted by atomic mass is 16.3. The molecule has 0 spiro atoms. The number of carbonyl (C=O) groups is 1. The molecule has 1 aliphatic rings. The van der Waals surface area contributed by atoms with E-state index in [2.05, 4.69) is 15.1 Å². The van der Waals surface area contributed by atoms with Crippen LogP contribution < -0.4 is 0 Å². The van der Waals surface area contributed by atoms with E-state index in [1.165, 1.54) is 0 Å². The van der Waals surface area contributed by atoms with Gasteiger partial charge in [0.25, 0.3) is 5.91 Å². The molecule has 3 heterocycles. The molecule has 0 radical (unpaired) electrons. The Morgan fingerprint density at radius 1 is 1.42 bits per heavy atom. The lowest BCUT2D eigenvalue weighted by atomic mass is 9.92. The fourth-order valence-electron chi connectivity index (χ4n) is 3.20. The molecule has 1 atom stereocenters. The van der Waals surface area contributed by atoms with Crippen LogP contribution in [0.3, 0.4) is 0 Å². The van der Waals surface area contributed by atoms with Gasteiger partial charge in [-0.2, -0.15) is 5.10 Å². The molecule has 1 saturated heterocycles. The van der Waals surface area contributed by atoms with Gasteiger partial charge in [-0.05, 0) is 32.8 Å². The van der Waals surface area contributed by atoms with E-state index in [1.807, 2.05) is 31.9 Å². The first-order valence-corrected chi connectivity index (χ1v) is 8.22. The average molecular weight is 329 g/mol. The molecule has 0 bridgehead atoms. The summed E-state index contributed by atoms with van der Waals surface area (Å²) >= 11 is 0. The summed E-state index contributed by atoms with van der Waals surface area (Å²) in [4.78, 5) is 23.3. The fourth-order valence-corrected chi connectivity index (χ4v) is 3.20. The molecule has 2 aromatic heterocycles. The molecule has 7 nitrogen and oxygen atoms in total. The summed E-state index contributed by atoms with van der Waals surface area (Å²) in [6.07, 6.45) is 3.55. The molecule has 7 heteroatoms. The van der Waals surface area contributed by atoms with Crippen molar-refractivity contribution in [3.05, 3.63) is 40.7 Å². The number of likely N-dealkylation sites (tertiary alicyclic amines) is 1. The Labute approximate surface area is 141 Å². The van der Waals surface area contributed by atoms with Gasteiger partial charge >= 0.3 is 0 Å². The first kappa shape index (κ1) is 16.6. The summed E-state index contributed by atoms with van der Waals surface area (Å²) in [5.74, 6) is 0.766. The van der Waals surface area contributed by atoms with Gasteiger partial charge in [-0.3, -0.25) is 9.48 Å². The number of rotatable bonds is 3. The molecule has 1 fully saturated rings. The van der Waals surface area contributed by atoms with Crippen molar-refractivity contribution in [2.45, 2.75) is 39.2 Å². The smallest absolute Gasteiger partial charge is 0.274 e. The standard InChI is InChI=1S/C17H23N5O2/c1-11-7-15(20-21(11)3)17(24)22-6-4-5-13(9-22)16-14(10-23)8-18-12(2)19-16/h7-8,13,23H,4-6,9-10H2,1-3H3. The van der Waals surface area contributed by atoms with Crippen molar-refractivity contribution in [2.24, 2.45) is 7.05 Å². The van der Waals surface area contributed by atoms with Gasteiger partial charge in [0.15, 0.2) is 5.69 Å². The van der Waals surface area contributed by atoms with E-state index in [-0.39, 0.29) is 18.4 Å². The summed E-state index contributed by atoms with van der Waals surface area (Å²) in [5.41, 5.74) is 3.05. The van der Waals surface area contributed by atoms with Crippen molar-refractivity contribution in [3.8, 4) is 0 Å². The van der Waals surface area contributed by atoms with Crippen molar-refractivity contribution < 1.29 is 9.90 Å². The Hall–Kier alpha value is -2.28. The number of aliphatic hydroxyl groups excluding tert-OH is 1. The normalized spacial score (nSPS) is 18.0. The van der Waals surface area contributed by atoms with Crippen LogP contribution >= 0.6 is 0 Å². The molecule has 0 aliphatic carbocycles. The maximum absolute atomic E-state index is 12.7. The maximum atomic E-state index is 12.7. The van der Waals surface area contributed by atoms with Crippen LogP contribution in [0.15, 0.2) is 12.3 Å². The van der Waals surface area contributed by atoms with Crippen LogP contribution in [0.5, 0.6) is 0 Å². The van der Waals surface area contributed by atoms with E-state index in [0.29, 0.717) is 18.1 Å². The van der Waals surface area contributed by atoms with Gasteiger partial charge in [0.2, 0.25) is 0 Å². The fraction of sp³-hybridized carbons (Fsp3) is 0.529. The largest absolute Gasteiger partial charge is 0.392 e. The highest BCUT2D eigenvalue weighted by Crippen LogP contribution is 2.28. The van der Waals surface area contributed by atoms with E-state index in [0.717, 1.165) is 36.3 Å². The number of aliphatic hydroxyl groups is 1. The second kappa shape index (κ2) is 6.68. The number of carbonyl (C=O) groups excluding carboxylic acids is 1. The number of aromatic nitrogens is 4. The van der Waals surface area contributed by atoms with E-state index in [4.69, 9.17) is 0 Å². The van der Waals surface area contributed by atoms with Gasteiger partial charge in [0, 0.05) is 43.5 Å². The van der Waals surface area contributed by atoms with Crippen LogP contribution in [0.1, 0.15) is 52.0 Å².